The van der Waals surface area contributed by atoms with Crippen LogP contribution in [0.3, 0.4) is 0 Å². The second kappa shape index (κ2) is 9.05. The van der Waals surface area contributed by atoms with Crippen molar-refractivity contribution in [3.05, 3.63) is 65.5 Å². The van der Waals surface area contributed by atoms with Crippen LogP contribution in [0.5, 0.6) is 5.75 Å². The normalized spacial score (nSPS) is 10.4. The zero-order valence-corrected chi connectivity index (χ0v) is 14.8. The van der Waals surface area contributed by atoms with E-state index >= 15 is 0 Å². The molecule has 124 valence electrons. The molecule has 24 heavy (non-hydrogen) atoms. The zero-order chi connectivity index (χ0) is 15.9. The smallest absolute Gasteiger partial charge is 0.203 e. The van der Waals surface area contributed by atoms with Gasteiger partial charge < -0.3 is 4.74 Å². The fourth-order valence-electron chi connectivity index (χ4n) is 2.05. The van der Waals surface area contributed by atoms with Gasteiger partial charge in [0.2, 0.25) is 5.13 Å². The predicted molar refractivity (Wildman–Crippen MR) is 104 cm³/mol. The monoisotopic (exact) mass is 359 g/mol. The fraction of sp³-hybridized carbons (Fsp3) is 0.111. The van der Waals surface area contributed by atoms with Gasteiger partial charge in [-0.05, 0) is 36.8 Å². The van der Waals surface area contributed by atoms with E-state index in [9.17, 15) is 0 Å². The van der Waals surface area contributed by atoms with E-state index in [-0.39, 0.29) is 12.4 Å². The number of halogens is 1. The molecule has 3 rings (SSSR count). The Hall–Kier alpha value is -2.37. The summed E-state index contributed by atoms with van der Waals surface area (Å²) in [5.74, 6) is 0.866. The van der Waals surface area contributed by atoms with E-state index in [4.69, 9.17) is 4.74 Å². The van der Waals surface area contributed by atoms with Crippen LogP contribution in [0.1, 0.15) is 12.5 Å². The first-order valence-electron chi connectivity index (χ1n) is 7.38. The third kappa shape index (κ3) is 4.81. The van der Waals surface area contributed by atoms with Crippen molar-refractivity contribution in [2.75, 3.05) is 12.0 Å². The number of aromatic nitrogens is 1. The molecule has 4 nitrogen and oxygen atoms in total. The maximum Gasteiger partial charge on any atom is 0.203 e. The number of rotatable bonds is 6. The maximum atomic E-state index is 5.41. The highest BCUT2D eigenvalue weighted by molar-refractivity contribution is 7.14. The van der Waals surface area contributed by atoms with E-state index in [0.29, 0.717) is 6.61 Å². The Labute approximate surface area is 151 Å². The van der Waals surface area contributed by atoms with Gasteiger partial charge in [0.05, 0.1) is 18.5 Å². The molecular formula is C18H18ClN3OS. The summed E-state index contributed by atoms with van der Waals surface area (Å²) in [6.45, 7) is 2.64. The average Bonchev–Trinajstić information content (AvgIpc) is 3.06. The molecule has 6 heteroatoms. The molecule has 1 aromatic heterocycles. The largest absolute Gasteiger partial charge is 0.494 e. The number of anilines is 1. The van der Waals surface area contributed by atoms with Crippen LogP contribution >= 0.6 is 23.7 Å². The highest BCUT2D eigenvalue weighted by atomic mass is 35.5. The Bertz CT molecular complexity index is 772. The minimum atomic E-state index is 0. The van der Waals surface area contributed by atoms with Crippen LogP contribution in [0.2, 0.25) is 0 Å². The van der Waals surface area contributed by atoms with Crippen molar-refractivity contribution in [3.63, 3.8) is 0 Å². The number of thiazole rings is 1. The van der Waals surface area contributed by atoms with Gasteiger partial charge in [-0.25, -0.2) is 4.98 Å². The summed E-state index contributed by atoms with van der Waals surface area (Å²) in [5.41, 5.74) is 6.03. The highest BCUT2D eigenvalue weighted by Gasteiger charge is 2.02. The first-order chi connectivity index (χ1) is 11.3. The van der Waals surface area contributed by atoms with Gasteiger partial charge >= 0.3 is 0 Å². The lowest BCUT2D eigenvalue weighted by atomic mass is 10.2. The van der Waals surface area contributed by atoms with Crippen LogP contribution in [0.4, 0.5) is 5.13 Å². The van der Waals surface area contributed by atoms with Gasteiger partial charge in [-0.3, -0.25) is 5.43 Å². The number of nitrogens with one attached hydrogen (secondary N) is 1. The molecule has 0 unspecified atom stereocenters. The summed E-state index contributed by atoms with van der Waals surface area (Å²) < 4.78 is 5.41. The lowest BCUT2D eigenvalue weighted by molar-refractivity contribution is 0.340. The molecule has 0 aliphatic rings. The number of ether oxygens (including phenoxy) is 1. The summed E-state index contributed by atoms with van der Waals surface area (Å²) >= 11 is 1.53. The molecule has 0 amide bonds. The third-order valence-electron chi connectivity index (χ3n) is 3.14. The number of hydrogen-bond donors (Lipinski definition) is 1. The Kier molecular flexibility index (Phi) is 6.78. The lowest BCUT2D eigenvalue weighted by Gasteiger charge is -2.02. The maximum absolute atomic E-state index is 5.41. The molecule has 0 radical (unpaired) electrons. The van der Waals surface area contributed by atoms with Gasteiger partial charge in [0.25, 0.3) is 0 Å². The second-order valence-corrected chi connectivity index (χ2v) is 5.63. The third-order valence-corrected chi connectivity index (χ3v) is 3.89. The van der Waals surface area contributed by atoms with Crippen LogP contribution in [0, 0.1) is 0 Å². The fourth-order valence-corrected chi connectivity index (χ4v) is 2.71. The van der Waals surface area contributed by atoms with Crippen molar-refractivity contribution < 1.29 is 4.74 Å². The second-order valence-electron chi connectivity index (χ2n) is 4.78. The Morgan fingerprint density at radius 1 is 1.12 bits per heavy atom. The van der Waals surface area contributed by atoms with Gasteiger partial charge in [-0.1, -0.05) is 30.3 Å². The van der Waals surface area contributed by atoms with Gasteiger partial charge in [-0.2, -0.15) is 5.10 Å². The van der Waals surface area contributed by atoms with Gasteiger partial charge in [0.1, 0.15) is 5.75 Å². The van der Waals surface area contributed by atoms with E-state index in [1.807, 2.05) is 66.9 Å². The predicted octanol–water partition coefficient (Wildman–Crippen LogP) is 5.08. The van der Waals surface area contributed by atoms with Crippen molar-refractivity contribution >= 4 is 35.1 Å². The van der Waals surface area contributed by atoms with Crippen LogP contribution < -0.4 is 10.2 Å². The molecule has 0 spiro atoms. The van der Waals surface area contributed by atoms with Crippen LogP contribution in [-0.2, 0) is 0 Å². The average molecular weight is 360 g/mol. The summed E-state index contributed by atoms with van der Waals surface area (Å²) in [5, 5.41) is 7.01. The topological polar surface area (TPSA) is 46.5 Å². The molecule has 0 aliphatic heterocycles. The highest BCUT2D eigenvalue weighted by Crippen LogP contribution is 2.24. The Morgan fingerprint density at radius 3 is 2.58 bits per heavy atom. The van der Waals surface area contributed by atoms with Crippen LogP contribution in [-0.4, -0.2) is 17.8 Å². The van der Waals surface area contributed by atoms with E-state index in [2.05, 4.69) is 15.5 Å². The molecule has 0 saturated carbocycles. The molecule has 1 heterocycles. The quantitative estimate of drug-likeness (QED) is 0.493. The van der Waals surface area contributed by atoms with E-state index < -0.39 is 0 Å². The molecule has 0 atom stereocenters. The van der Waals surface area contributed by atoms with Crippen LogP contribution in [0.15, 0.2) is 65.1 Å². The minimum absolute atomic E-state index is 0. The Balaban J connectivity index is 0.00000208. The number of hydrazone groups is 1. The van der Waals surface area contributed by atoms with Crippen molar-refractivity contribution in [2.24, 2.45) is 5.10 Å². The van der Waals surface area contributed by atoms with Crippen molar-refractivity contribution in [2.45, 2.75) is 6.92 Å². The summed E-state index contributed by atoms with van der Waals surface area (Å²) in [7, 11) is 0. The number of hydrogen-bond acceptors (Lipinski definition) is 5. The number of nitrogens with zero attached hydrogens (tertiary/aromatic N) is 2. The van der Waals surface area contributed by atoms with Crippen LogP contribution in [0.25, 0.3) is 11.3 Å². The first-order valence-corrected chi connectivity index (χ1v) is 8.26. The molecule has 0 bridgehead atoms. The molecule has 0 fully saturated rings. The molecular weight excluding hydrogens is 342 g/mol. The zero-order valence-electron chi connectivity index (χ0n) is 13.2. The summed E-state index contributed by atoms with van der Waals surface area (Å²) in [4.78, 5) is 4.52. The van der Waals surface area contributed by atoms with Gasteiger partial charge in [-0.15, -0.1) is 23.7 Å². The van der Waals surface area contributed by atoms with Crippen molar-refractivity contribution in [3.8, 4) is 17.0 Å². The molecule has 1 N–H and O–H groups in total. The number of benzene rings is 2. The van der Waals surface area contributed by atoms with Gasteiger partial charge in [0.15, 0.2) is 0 Å². The van der Waals surface area contributed by atoms with E-state index in [1.54, 1.807) is 6.21 Å². The Morgan fingerprint density at radius 2 is 1.88 bits per heavy atom. The van der Waals surface area contributed by atoms with Crippen molar-refractivity contribution in [1.82, 2.24) is 4.98 Å². The standard InChI is InChI=1S/C18H17N3OS.ClH/c1-2-22-16-10-8-14(9-11-16)12-19-21-18-20-17(13-23-18)15-6-4-3-5-7-15;/h3-13H,2H2,1H3,(H,20,21);1H. The summed E-state index contributed by atoms with van der Waals surface area (Å²) in [6, 6.07) is 17.9. The van der Waals surface area contributed by atoms with Gasteiger partial charge in [0, 0.05) is 10.9 Å². The molecule has 2 aromatic carbocycles. The SMILES string of the molecule is CCOc1ccc(C=NNc2nc(-c3ccccc3)cs2)cc1.Cl. The van der Waals surface area contributed by atoms with Crippen molar-refractivity contribution in [1.29, 1.82) is 0 Å². The minimum Gasteiger partial charge on any atom is -0.494 e. The van der Waals surface area contributed by atoms with E-state index in [0.717, 1.165) is 27.7 Å². The van der Waals surface area contributed by atoms with E-state index in [1.165, 1.54) is 11.3 Å². The summed E-state index contributed by atoms with van der Waals surface area (Å²) in [6.07, 6.45) is 1.76. The molecule has 3 aromatic rings. The molecule has 0 saturated heterocycles. The first kappa shape index (κ1) is 18.0. The lowest BCUT2D eigenvalue weighted by Crippen LogP contribution is -1.92. The molecule has 0 aliphatic carbocycles.